The van der Waals surface area contributed by atoms with E-state index in [0.29, 0.717) is 32.5 Å². The zero-order valence-electron chi connectivity index (χ0n) is 17.2. The van der Waals surface area contributed by atoms with Gasteiger partial charge in [-0.3, -0.25) is 9.59 Å². The molecule has 3 aromatic heterocycles. The molecule has 5 rings (SSSR count). The van der Waals surface area contributed by atoms with Gasteiger partial charge in [-0.15, -0.1) is 0 Å². The number of fused-ring (bicyclic) bond motifs is 1. The van der Waals surface area contributed by atoms with Crippen molar-refractivity contribution in [2.24, 2.45) is 0 Å². The second kappa shape index (κ2) is 8.59. The second-order valence-corrected chi connectivity index (χ2v) is 9.29. The fourth-order valence-electron chi connectivity index (χ4n) is 3.32. The molecule has 33 heavy (non-hydrogen) atoms. The molecule has 0 saturated carbocycles. The largest absolute Gasteiger partial charge is 0.457 e. The van der Waals surface area contributed by atoms with Gasteiger partial charge in [0.2, 0.25) is 4.96 Å². The van der Waals surface area contributed by atoms with Crippen LogP contribution in [0.3, 0.4) is 0 Å². The van der Waals surface area contributed by atoms with E-state index in [1.165, 1.54) is 4.52 Å². The summed E-state index contributed by atoms with van der Waals surface area (Å²) in [6.07, 6.45) is 1.91. The Kier molecular flexibility index (Phi) is 5.62. The molecule has 0 aliphatic carbocycles. The Bertz CT molecular complexity index is 1670. The van der Waals surface area contributed by atoms with Crippen LogP contribution < -0.4 is 15.7 Å². The summed E-state index contributed by atoms with van der Waals surface area (Å²) >= 11 is 13.1. The molecule has 0 saturated heterocycles. The maximum Gasteiger partial charge on any atom is 0.296 e. The molecule has 0 unspecified atom stereocenters. The van der Waals surface area contributed by atoms with Crippen molar-refractivity contribution in [2.45, 2.75) is 13.3 Å². The number of hydrogen-bond donors (Lipinski definition) is 0. The molecule has 0 fully saturated rings. The summed E-state index contributed by atoms with van der Waals surface area (Å²) in [5, 5.41) is 5.16. The number of halogens is 2. The van der Waals surface area contributed by atoms with E-state index in [0.717, 1.165) is 28.0 Å². The van der Waals surface area contributed by atoms with Crippen LogP contribution in [0.25, 0.3) is 22.4 Å². The van der Waals surface area contributed by atoms with Gasteiger partial charge in [0.05, 0.1) is 10.0 Å². The zero-order chi connectivity index (χ0) is 23.1. The quantitative estimate of drug-likeness (QED) is 0.366. The van der Waals surface area contributed by atoms with Crippen molar-refractivity contribution >= 4 is 45.6 Å². The highest BCUT2D eigenvalue weighted by Gasteiger charge is 2.13. The minimum absolute atomic E-state index is 0.220. The van der Waals surface area contributed by atoms with Crippen molar-refractivity contribution in [3.8, 4) is 11.3 Å². The Balaban J connectivity index is 1.51. The second-order valence-electron chi connectivity index (χ2n) is 7.47. The van der Waals surface area contributed by atoms with E-state index in [4.69, 9.17) is 27.6 Å². The van der Waals surface area contributed by atoms with Crippen LogP contribution in [-0.2, 0) is 6.42 Å². The van der Waals surface area contributed by atoms with Crippen LogP contribution >= 0.6 is 34.5 Å². The Labute approximate surface area is 201 Å². The van der Waals surface area contributed by atoms with E-state index in [9.17, 15) is 9.59 Å². The van der Waals surface area contributed by atoms with E-state index < -0.39 is 5.56 Å². The number of benzene rings is 2. The third-order valence-electron chi connectivity index (χ3n) is 5.05. The molecule has 164 valence electrons. The highest BCUT2D eigenvalue weighted by atomic mass is 35.5. The van der Waals surface area contributed by atoms with Gasteiger partial charge in [0.25, 0.3) is 11.1 Å². The summed E-state index contributed by atoms with van der Waals surface area (Å²) in [7, 11) is 0. The van der Waals surface area contributed by atoms with Crippen LogP contribution in [0.5, 0.6) is 0 Å². The molecular weight excluding hydrogens is 481 g/mol. The van der Waals surface area contributed by atoms with Gasteiger partial charge in [0.1, 0.15) is 21.7 Å². The van der Waals surface area contributed by atoms with E-state index >= 15 is 0 Å². The predicted molar refractivity (Wildman–Crippen MR) is 130 cm³/mol. The molecule has 0 spiro atoms. The van der Waals surface area contributed by atoms with E-state index in [-0.39, 0.29) is 16.2 Å². The first-order chi connectivity index (χ1) is 15.9. The van der Waals surface area contributed by atoms with Gasteiger partial charge in [0.15, 0.2) is 0 Å². The Morgan fingerprint density at radius 3 is 2.58 bits per heavy atom. The maximum absolute atomic E-state index is 12.9. The molecule has 0 amide bonds. The lowest BCUT2D eigenvalue weighted by atomic mass is 10.1. The predicted octanol–water partition coefficient (Wildman–Crippen LogP) is 4.52. The summed E-state index contributed by atoms with van der Waals surface area (Å²) in [4.78, 5) is 29.7. The highest BCUT2D eigenvalue weighted by molar-refractivity contribution is 7.15. The minimum Gasteiger partial charge on any atom is -0.457 e. The van der Waals surface area contributed by atoms with Crippen LogP contribution in [0.4, 0.5) is 0 Å². The molecule has 0 radical (unpaired) electrons. The average molecular weight is 496 g/mol. The summed E-state index contributed by atoms with van der Waals surface area (Å²) in [6, 6.07) is 16.5. The number of thiazole rings is 1. The number of furan rings is 1. The molecule has 0 aliphatic heterocycles. The fraction of sp³-hybridized carbons (Fsp3) is 0.0833. The van der Waals surface area contributed by atoms with Crippen molar-refractivity contribution in [1.29, 1.82) is 0 Å². The fourth-order valence-corrected chi connectivity index (χ4v) is 4.50. The number of hydrogen-bond acceptors (Lipinski definition) is 6. The van der Waals surface area contributed by atoms with Crippen LogP contribution in [0, 0.1) is 6.92 Å². The zero-order valence-corrected chi connectivity index (χ0v) is 19.5. The summed E-state index contributed by atoms with van der Waals surface area (Å²) in [5.74, 6) is 1.06. The Morgan fingerprint density at radius 2 is 1.82 bits per heavy atom. The number of aryl methyl sites for hydroxylation is 1. The molecular formula is C24H15Cl2N3O3S. The topological polar surface area (TPSA) is 77.5 Å². The van der Waals surface area contributed by atoms with E-state index in [1.807, 2.05) is 31.2 Å². The summed E-state index contributed by atoms with van der Waals surface area (Å²) in [5.41, 5.74) is 2.22. The molecule has 5 aromatic rings. The monoisotopic (exact) mass is 495 g/mol. The molecule has 0 aliphatic rings. The molecule has 2 aromatic carbocycles. The van der Waals surface area contributed by atoms with E-state index in [1.54, 1.807) is 36.4 Å². The van der Waals surface area contributed by atoms with Crippen molar-refractivity contribution < 1.29 is 4.42 Å². The van der Waals surface area contributed by atoms with Gasteiger partial charge in [-0.25, -0.2) is 0 Å². The van der Waals surface area contributed by atoms with Gasteiger partial charge in [-0.2, -0.15) is 14.6 Å². The summed E-state index contributed by atoms with van der Waals surface area (Å²) < 4.78 is 7.38. The van der Waals surface area contributed by atoms with Crippen LogP contribution in [0.1, 0.15) is 22.6 Å². The van der Waals surface area contributed by atoms with Crippen molar-refractivity contribution in [3.63, 3.8) is 0 Å². The standard InChI is InChI=1S/C24H15Cl2N3O3S/c1-13-2-4-14(5-3-13)10-19-22(30)27-24-29(28-19)23(31)21(33-24)12-16-7-9-20(32-16)15-6-8-17(25)18(26)11-15/h2-9,11-12H,10H2,1H3. The van der Waals surface area contributed by atoms with Gasteiger partial charge >= 0.3 is 0 Å². The minimum atomic E-state index is -0.441. The van der Waals surface area contributed by atoms with Crippen molar-refractivity contribution in [3.05, 3.63) is 112 Å². The first-order valence-corrected chi connectivity index (χ1v) is 11.5. The molecule has 0 N–H and O–H groups in total. The molecule has 3 heterocycles. The van der Waals surface area contributed by atoms with Crippen LogP contribution in [0.15, 0.2) is 68.6 Å². The van der Waals surface area contributed by atoms with Gasteiger partial charge in [-0.1, -0.05) is 64.4 Å². The highest BCUT2D eigenvalue weighted by Crippen LogP contribution is 2.29. The molecule has 0 atom stereocenters. The molecule has 0 bridgehead atoms. The van der Waals surface area contributed by atoms with Crippen LogP contribution in [0.2, 0.25) is 10.0 Å². The Morgan fingerprint density at radius 1 is 1.03 bits per heavy atom. The normalized spacial score (nSPS) is 12.0. The van der Waals surface area contributed by atoms with Crippen LogP contribution in [-0.4, -0.2) is 14.6 Å². The van der Waals surface area contributed by atoms with Crippen molar-refractivity contribution in [1.82, 2.24) is 14.6 Å². The number of nitrogens with zero attached hydrogens (tertiary/aromatic N) is 3. The Hall–Kier alpha value is -3.26. The smallest absolute Gasteiger partial charge is 0.296 e. The van der Waals surface area contributed by atoms with Gasteiger partial charge in [0, 0.05) is 18.1 Å². The molecule has 6 nitrogen and oxygen atoms in total. The van der Waals surface area contributed by atoms with Crippen molar-refractivity contribution in [2.75, 3.05) is 0 Å². The SMILES string of the molecule is Cc1ccc(Cc2nn3c(=O)c(=Cc4ccc(-c5ccc(Cl)c(Cl)c5)o4)sc3nc2=O)cc1. The number of rotatable bonds is 4. The maximum atomic E-state index is 12.9. The third kappa shape index (κ3) is 4.35. The average Bonchev–Trinajstić information content (AvgIpc) is 3.37. The lowest BCUT2D eigenvalue weighted by Crippen LogP contribution is -2.28. The van der Waals surface area contributed by atoms with Gasteiger partial charge in [-0.05, 0) is 42.8 Å². The third-order valence-corrected chi connectivity index (χ3v) is 6.74. The van der Waals surface area contributed by atoms with Gasteiger partial charge < -0.3 is 4.42 Å². The summed E-state index contributed by atoms with van der Waals surface area (Å²) in [6.45, 7) is 1.99. The first-order valence-electron chi connectivity index (χ1n) is 9.93. The lowest BCUT2D eigenvalue weighted by molar-refractivity contribution is 0.571. The lowest BCUT2D eigenvalue weighted by Gasteiger charge is -2.01. The number of aromatic nitrogens is 3. The molecule has 9 heteroatoms. The first kappa shape index (κ1) is 21.6. The van der Waals surface area contributed by atoms with E-state index in [2.05, 4.69) is 10.1 Å².